The van der Waals surface area contributed by atoms with E-state index in [1.165, 1.54) is 0 Å². The maximum Gasteiger partial charge on any atom is 0.169 e. The molecule has 5 nitrogen and oxygen atoms in total. The first kappa shape index (κ1) is 11.1. The second kappa shape index (κ2) is 4.63. The highest BCUT2D eigenvalue weighted by molar-refractivity contribution is 9.10. The van der Waals surface area contributed by atoms with Crippen LogP contribution < -0.4 is 0 Å². The van der Waals surface area contributed by atoms with Crippen molar-refractivity contribution in [3.63, 3.8) is 0 Å². The van der Waals surface area contributed by atoms with E-state index in [0.29, 0.717) is 28.4 Å². The van der Waals surface area contributed by atoms with Crippen LogP contribution in [0.3, 0.4) is 0 Å². The van der Waals surface area contributed by atoms with Crippen molar-refractivity contribution >= 4 is 15.9 Å². The van der Waals surface area contributed by atoms with Gasteiger partial charge in [-0.05, 0) is 28.1 Å². The van der Waals surface area contributed by atoms with Crippen LogP contribution in [0.2, 0.25) is 0 Å². The molecule has 0 bridgehead atoms. The van der Waals surface area contributed by atoms with Crippen molar-refractivity contribution in [2.45, 2.75) is 13.2 Å². The van der Waals surface area contributed by atoms with E-state index in [-0.39, 0.29) is 6.61 Å². The fourth-order valence-corrected chi connectivity index (χ4v) is 1.72. The van der Waals surface area contributed by atoms with Crippen LogP contribution in [0.15, 0.2) is 33.9 Å². The Bertz CT molecular complexity index is 504. The van der Waals surface area contributed by atoms with E-state index < -0.39 is 0 Å². The van der Waals surface area contributed by atoms with E-state index in [1.807, 2.05) is 0 Å². The van der Waals surface area contributed by atoms with Gasteiger partial charge in [-0.3, -0.25) is 0 Å². The van der Waals surface area contributed by atoms with Crippen LogP contribution in [0.4, 0.5) is 0 Å². The molecule has 0 aliphatic rings. The highest BCUT2D eigenvalue weighted by Gasteiger charge is 2.16. The Morgan fingerprint density at radius 1 is 1.56 bits per heavy atom. The summed E-state index contributed by atoms with van der Waals surface area (Å²) in [5.41, 5.74) is 1.16. The molecule has 0 amide bonds. The van der Waals surface area contributed by atoms with Gasteiger partial charge in [-0.2, -0.15) is 0 Å². The van der Waals surface area contributed by atoms with Crippen molar-refractivity contribution < 1.29 is 9.52 Å². The lowest BCUT2D eigenvalue weighted by Gasteiger charge is -2.01. The number of hydrogen-bond acceptors (Lipinski definition) is 4. The van der Waals surface area contributed by atoms with Crippen molar-refractivity contribution in [1.82, 2.24) is 15.0 Å². The molecule has 16 heavy (non-hydrogen) atoms. The Kier molecular flexibility index (Phi) is 3.21. The predicted octanol–water partition coefficient (Wildman–Crippen LogP) is 1.98. The van der Waals surface area contributed by atoms with Crippen LogP contribution in [0.5, 0.6) is 0 Å². The maximum absolute atomic E-state index is 9.17. The molecule has 0 aliphatic carbocycles. The Balaban J connectivity index is 2.51. The zero-order valence-corrected chi connectivity index (χ0v) is 10.0. The number of aliphatic hydroxyl groups is 1. The fraction of sp³-hybridized carbons (Fsp3) is 0.200. The molecule has 6 heteroatoms. The highest BCUT2D eigenvalue weighted by atomic mass is 79.9. The second-order valence-corrected chi connectivity index (χ2v) is 3.90. The molecule has 2 rings (SSSR count). The molecule has 84 valence electrons. The number of nitrogens with zero attached hydrogens (tertiary/aromatic N) is 3. The summed E-state index contributed by atoms with van der Waals surface area (Å²) >= 11 is 3.23. The predicted molar refractivity (Wildman–Crippen MR) is 61.5 cm³/mol. The summed E-state index contributed by atoms with van der Waals surface area (Å²) in [7, 11) is 0. The number of allylic oxidation sites excluding steroid dienone is 1. The minimum absolute atomic E-state index is 0.176. The summed E-state index contributed by atoms with van der Waals surface area (Å²) in [6, 6.07) is 3.57. The van der Waals surface area contributed by atoms with Crippen LogP contribution in [0, 0.1) is 0 Å². The van der Waals surface area contributed by atoms with Gasteiger partial charge in [0.15, 0.2) is 10.4 Å². The molecule has 0 fully saturated rings. The average Bonchev–Trinajstić information content (AvgIpc) is 2.85. The first-order valence-electron chi connectivity index (χ1n) is 4.66. The van der Waals surface area contributed by atoms with E-state index in [9.17, 15) is 5.11 Å². The Labute approximate surface area is 101 Å². The molecule has 0 unspecified atom stereocenters. The zero-order chi connectivity index (χ0) is 11.5. The SMILES string of the molecule is C=CCn1nnc(CO)c1-c1ccc(Br)o1. The molecule has 0 saturated carbocycles. The van der Waals surface area contributed by atoms with Gasteiger partial charge in [-0.1, -0.05) is 11.3 Å². The number of aliphatic hydroxyl groups excluding tert-OH is 1. The fourth-order valence-electron chi connectivity index (χ4n) is 1.42. The number of furan rings is 1. The van der Waals surface area contributed by atoms with E-state index >= 15 is 0 Å². The molecular weight excluding hydrogens is 274 g/mol. The minimum atomic E-state index is -0.176. The summed E-state index contributed by atoms with van der Waals surface area (Å²) in [6.07, 6.45) is 1.71. The van der Waals surface area contributed by atoms with Crippen molar-refractivity contribution in [3.05, 3.63) is 35.2 Å². The van der Waals surface area contributed by atoms with Crippen LogP contribution in [-0.2, 0) is 13.2 Å². The molecule has 0 aliphatic heterocycles. The summed E-state index contributed by atoms with van der Waals surface area (Å²) in [6.45, 7) is 3.98. The molecule has 0 spiro atoms. The quantitative estimate of drug-likeness (QED) is 0.872. The van der Waals surface area contributed by atoms with Gasteiger partial charge in [0.05, 0.1) is 13.2 Å². The number of aromatic nitrogens is 3. The normalized spacial score (nSPS) is 10.6. The zero-order valence-electron chi connectivity index (χ0n) is 8.43. The largest absolute Gasteiger partial charge is 0.448 e. The third-order valence-corrected chi connectivity index (χ3v) is 2.49. The van der Waals surface area contributed by atoms with Crippen LogP contribution in [-0.4, -0.2) is 20.1 Å². The number of hydrogen-bond donors (Lipinski definition) is 1. The van der Waals surface area contributed by atoms with Crippen molar-refractivity contribution in [1.29, 1.82) is 0 Å². The van der Waals surface area contributed by atoms with Crippen LogP contribution >= 0.6 is 15.9 Å². The molecule has 0 radical (unpaired) electrons. The number of rotatable bonds is 4. The maximum atomic E-state index is 9.17. The summed E-state index contributed by atoms with van der Waals surface area (Å²) < 4.78 is 7.68. The summed E-state index contributed by atoms with van der Waals surface area (Å²) in [4.78, 5) is 0. The van der Waals surface area contributed by atoms with Crippen molar-refractivity contribution in [3.8, 4) is 11.5 Å². The molecule has 2 aromatic rings. The number of halogens is 1. The lowest BCUT2D eigenvalue weighted by molar-refractivity contribution is 0.277. The molecule has 2 aromatic heterocycles. The summed E-state index contributed by atoms with van der Waals surface area (Å²) in [5.74, 6) is 0.614. The minimum Gasteiger partial charge on any atom is -0.448 e. The van der Waals surface area contributed by atoms with Gasteiger partial charge in [0.25, 0.3) is 0 Å². The monoisotopic (exact) mass is 283 g/mol. The third-order valence-electron chi connectivity index (χ3n) is 2.06. The lowest BCUT2D eigenvalue weighted by Crippen LogP contribution is -2.00. The van der Waals surface area contributed by atoms with E-state index in [4.69, 9.17) is 4.42 Å². The van der Waals surface area contributed by atoms with Gasteiger partial charge >= 0.3 is 0 Å². The molecule has 0 aromatic carbocycles. The smallest absolute Gasteiger partial charge is 0.169 e. The van der Waals surface area contributed by atoms with Gasteiger partial charge in [0.2, 0.25) is 0 Å². The molecule has 2 heterocycles. The molecule has 0 atom stereocenters. The van der Waals surface area contributed by atoms with Gasteiger partial charge < -0.3 is 9.52 Å². The van der Waals surface area contributed by atoms with Crippen molar-refractivity contribution in [2.24, 2.45) is 0 Å². The van der Waals surface area contributed by atoms with Gasteiger partial charge in [0.1, 0.15) is 11.4 Å². The average molecular weight is 284 g/mol. The van der Waals surface area contributed by atoms with E-state index in [0.717, 1.165) is 0 Å². The van der Waals surface area contributed by atoms with Crippen LogP contribution in [0.1, 0.15) is 5.69 Å². The Morgan fingerprint density at radius 2 is 2.38 bits per heavy atom. The first-order valence-corrected chi connectivity index (χ1v) is 5.45. The molecule has 0 saturated heterocycles. The topological polar surface area (TPSA) is 64.1 Å². The van der Waals surface area contributed by atoms with E-state index in [2.05, 4.69) is 32.8 Å². The lowest BCUT2D eigenvalue weighted by atomic mass is 10.2. The third kappa shape index (κ3) is 1.94. The molecular formula is C10H10BrN3O2. The Hall–Kier alpha value is -1.40. The first-order chi connectivity index (χ1) is 7.76. The van der Waals surface area contributed by atoms with Gasteiger partial charge in [0, 0.05) is 0 Å². The van der Waals surface area contributed by atoms with Crippen LogP contribution in [0.25, 0.3) is 11.5 Å². The summed E-state index contributed by atoms with van der Waals surface area (Å²) in [5, 5.41) is 17.0. The van der Waals surface area contributed by atoms with E-state index in [1.54, 1.807) is 22.9 Å². The van der Waals surface area contributed by atoms with Gasteiger partial charge in [-0.25, -0.2) is 4.68 Å². The standard InChI is InChI=1S/C10H10BrN3O2/c1-2-5-14-10(7(6-15)12-13-14)8-3-4-9(11)16-8/h2-4,15H,1,5-6H2. The van der Waals surface area contributed by atoms with Gasteiger partial charge in [-0.15, -0.1) is 11.7 Å². The highest BCUT2D eigenvalue weighted by Crippen LogP contribution is 2.26. The van der Waals surface area contributed by atoms with Crippen molar-refractivity contribution in [2.75, 3.05) is 0 Å². The second-order valence-electron chi connectivity index (χ2n) is 3.12. The Morgan fingerprint density at radius 3 is 2.94 bits per heavy atom. The molecule has 1 N–H and O–H groups in total.